The topological polar surface area (TPSA) is 112 Å². The Hall–Kier alpha value is -1.96. The van der Waals surface area contributed by atoms with Gasteiger partial charge in [0.25, 0.3) is 5.91 Å². The zero-order valence-corrected chi connectivity index (χ0v) is 9.97. The van der Waals surface area contributed by atoms with Gasteiger partial charge in [-0.05, 0) is 27.1 Å². The van der Waals surface area contributed by atoms with Crippen LogP contribution in [-0.4, -0.2) is 48.0 Å². The van der Waals surface area contributed by atoms with E-state index in [4.69, 9.17) is 5.73 Å². The summed E-state index contributed by atoms with van der Waals surface area (Å²) in [5.41, 5.74) is 7.87. The number of nitrogens with zero attached hydrogens (tertiary/aromatic N) is 4. The molecular formula is C9H17N7O. The Morgan fingerprint density at radius 1 is 1.65 bits per heavy atom. The minimum absolute atomic E-state index is 0.192. The first kappa shape index (κ1) is 13.1. The third-order valence-corrected chi connectivity index (χ3v) is 1.98. The van der Waals surface area contributed by atoms with Crippen LogP contribution in [0, 0.1) is 0 Å². The second kappa shape index (κ2) is 6.59. The number of imidazole rings is 1. The Bertz CT molecular complexity index is 384. The van der Waals surface area contributed by atoms with Gasteiger partial charge in [-0.15, -0.1) is 0 Å². The molecule has 1 rings (SSSR count). The molecule has 0 spiro atoms. The average Bonchev–Trinajstić information content (AvgIpc) is 2.71. The Balaban J connectivity index is 2.32. The molecule has 1 aromatic rings. The number of rotatable bonds is 7. The van der Waals surface area contributed by atoms with Gasteiger partial charge in [0.15, 0.2) is 5.82 Å². The van der Waals surface area contributed by atoms with Gasteiger partial charge in [-0.25, -0.2) is 10.4 Å². The number of amides is 1. The Morgan fingerprint density at radius 2 is 2.41 bits per heavy atom. The SMILES string of the molecule is CN(C)CCCN=NNc1nc[nH]c1C(N)=O. The van der Waals surface area contributed by atoms with Gasteiger partial charge < -0.3 is 15.6 Å². The van der Waals surface area contributed by atoms with E-state index < -0.39 is 5.91 Å². The highest BCUT2D eigenvalue weighted by molar-refractivity contribution is 5.95. The molecule has 0 unspecified atom stereocenters. The summed E-state index contributed by atoms with van der Waals surface area (Å²) < 4.78 is 0. The number of hydrogen-bond donors (Lipinski definition) is 3. The number of anilines is 1. The molecule has 0 fully saturated rings. The van der Waals surface area contributed by atoms with Crippen LogP contribution in [0.15, 0.2) is 16.7 Å². The predicted octanol–water partition coefficient (Wildman–Crippen LogP) is 0.239. The van der Waals surface area contributed by atoms with Gasteiger partial charge in [0.2, 0.25) is 0 Å². The van der Waals surface area contributed by atoms with E-state index in [2.05, 4.69) is 30.6 Å². The van der Waals surface area contributed by atoms with E-state index in [1.54, 1.807) is 0 Å². The van der Waals surface area contributed by atoms with E-state index in [1.807, 2.05) is 14.1 Å². The van der Waals surface area contributed by atoms with E-state index in [0.29, 0.717) is 6.54 Å². The number of aromatic nitrogens is 2. The predicted molar refractivity (Wildman–Crippen MR) is 63.6 cm³/mol. The number of nitrogens with one attached hydrogen (secondary N) is 2. The fourth-order valence-corrected chi connectivity index (χ4v) is 1.16. The van der Waals surface area contributed by atoms with Crippen LogP contribution in [0.2, 0.25) is 0 Å². The molecule has 0 aliphatic heterocycles. The molecule has 0 aliphatic rings. The van der Waals surface area contributed by atoms with Crippen molar-refractivity contribution in [3.05, 3.63) is 12.0 Å². The lowest BCUT2D eigenvalue weighted by atomic mass is 10.4. The van der Waals surface area contributed by atoms with Crippen LogP contribution in [0.1, 0.15) is 16.9 Å². The highest BCUT2D eigenvalue weighted by atomic mass is 16.1. The molecule has 17 heavy (non-hydrogen) atoms. The average molecular weight is 239 g/mol. The third-order valence-electron chi connectivity index (χ3n) is 1.98. The van der Waals surface area contributed by atoms with Crippen molar-refractivity contribution in [3.8, 4) is 0 Å². The number of H-pyrrole nitrogens is 1. The van der Waals surface area contributed by atoms with Crippen LogP contribution in [0.3, 0.4) is 0 Å². The lowest BCUT2D eigenvalue weighted by Crippen LogP contribution is -2.14. The quantitative estimate of drug-likeness (QED) is 0.359. The summed E-state index contributed by atoms with van der Waals surface area (Å²) in [5.74, 6) is -0.304. The monoisotopic (exact) mass is 239 g/mol. The van der Waals surface area contributed by atoms with Gasteiger partial charge in [-0.2, -0.15) is 5.11 Å². The lowest BCUT2D eigenvalue weighted by Gasteiger charge is -2.06. The van der Waals surface area contributed by atoms with Crippen LogP contribution in [0.5, 0.6) is 0 Å². The van der Waals surface area contributed by atoms with Crippen LogP contribution in [0.4, 0.5) is 5.82 Å². The Morgan fingerprint density at radius 3 is 3.06 bits per heavy atom. The van der Waals surface area contributed by atoms with Crippen LogP contribution in [-0.2, 0) is 0 Å². The summed E-state index contributed by atoms with van der Waals surface area (Å²) in [4.78, 5) is 19.5. The summed E-state index contributed by atoms with van der Waals surface area (Å²) in [5, 5.41) is 7.62. The second-order valence-electron chi connectivity index (χ2n) is 3.72. The van der Waals surface area contributed by atoms with Crippen molar-refractivity contribution in [2.75, 3.05) is 32.6 Å². The molecule has 4 N–H and O–H groups in total. The molecule has 0 bridgehead atoms. The minimum atomic E-state index is -0.590. The van der Waals surface area contributed by atoms with E-state index in [-0.39, 0.29) is 11.5 Å². The molecule has 0 aromatic carbocycles. The number of aromatic amines is 1. The van der Waals surface area contributed by atoms with Crippen molar-refractivity contribution < 1.29 is 4.79 Å². The molecule has 1 heterocycles. The van der Waals surface area contributed by atoms with Crippen LogP contribution >= 0.6 is 0 Å². The largest absolute Gasteiger partial charge is 0.364 e. The Kier molecular flexibility index (Phi) is 5.08. The van der Waals surface area contributed by atoms with Crippen molar-refractivity contribution in [2.24, 2.45) is 16.1 Å². The fraction of sp³-hybridized carbons (Fsp3) is 0.556. The van der Waals surface area contributed by atoms with Crippen LogP contribution < -0.4 is 11.2 Å². The van der Waals surface area contributed by atoms with Crippen molar-refractivity contribution >= 4 is 11.7 Å². The van der Waals surface area contributed by atoms with E-state index in [1.165, 1.54) is 6.33 Å². The molecule has 1 aromatic heterocycles. The summed E-state index contributed by atoms with van der Waals surface area (Å²) in [6.07, 6.45) is 2.28. The zero-order chi connectivity index (χ0) is 12.7. The standard InChI is InChI=1S/C9H17N7O/c1-16(2)5-3-4-13-15-14-9-7(8(10)17)11-6-12-9/h6H,3-5H2,1-2H3,(H2,10,17)(H,11,12)(H,13,14). The zero-order valence-electron chi connectivity index (χ0n) is 9.97. The summed E-state index contributed by atoms with van der Waals surface area (Å²) in [6.45, 7) is 1.56. The number of carbonyl (C=O) groups is 1. The maximum atomic E-state index is 10.9. The number of nitrogens with two attached hydrogens (primary N) is 1. The lowest BCUT2D eigenvalue weighted by molar-refractivity contribution is 0.0997. The van der Waals surface area contributed by atoms with E-state index in [0.717, 1.165) is 13.0 Å². The normalized spacial score (nSPS) is 11.2. The highest BCUT2D eigenvalue weighted by Gasteiger charge is 2.09. The van der Waals surface area contributed by atoms with Gasteiger partial charge in [0, 0.05) is 0 Å². The molecule has 8 nitrogen and oxygen atoms in total. The molecule has 8 heteroatoms. The fourth-order valence-electron chi connectivity index (χ4n) is 1.16. The van der Waals surface area contributed by atoms with Crippen molar-refractivity contribution in [3.63, 3.8) is 0 Å². The third kappa shape index (κ3) is 4.60. The van der Waals surface area contributed by atoms with Crippen molar-refractivity contribution in [1.82, 2.24) is 14.9 Å². The first-order chi connectivity index (χ1) is 8.11. The minimum Gasteiger partial charge on any atom is -0.364 e. The van der Waals surface area contributed by atoms with E-state index >= 15 is 0 Å². The maximum absolute atomic E-state index is 10.9. The van der Waals surface area contributed by atoms with Gasteiger partial charge in [-0.3, -0.25) is 4.79 Å². The summed E-state index contributed by atoms with van der Waals surface area (Å²) in [7, 11) is 4.00. The second-order valence-corrected chi connectivity index (χ2v) is 3.72. The number of carbonyl (C=O) groups excluding carboxylic acids is 1. The molecule has 1 amide bonds. The molecule has 0 aliphatic carbocycles. The van der Waals surface area contributed by atoms with Gasteiger partial charge >= 0.3 is 0 Å². The smallest absolute Gasteiger partial charge is 0.269 e. The number of hydrogen-bond acceptors (Lipinski definition) is 5. The first-order valence-electron chi connectivity index (χ1n) is 5.21. The highest BCUT2D eigenvalue weighted by Crippen LogP contribution is 2.07. The molecule has 0 radical (unpaired) electrons. The first-order valence-corrected chi connectivity index (χ1v) is 5.21. The van der Waals surface area contributed by atoms with E-state index in [9.17, 15) is 4.79 Å². The molecule has 0 saturated carbocycles. The summed E-state index contributed by atoms with van der Waals surface area (Å²) in [6, 6.07) is 0. The van der Waals surface area contributed by atoms with Gasteiger partial charge in [0.05, 0.1) is 12.9 Å². The number of primary amides is 1. The van der Waals surface area contributed by atoms with Gasteiger partial charge in [0.1, 0.15) is 5.69 Å². The maximum Gasteiger partial charge on any atom is 0.269 e. The molecule has 0 saturated heterocycles. The molecule has 94 valence electrons. The van der Waals surface area contributed by atoms with Crippen molar-refractivity contribution in [2.45, 2.75) is 6.42 Å². The van der Waals surface area contributed by atoms with Crippen molar-refractivity contribution in [1.29, 1.82) is 0 Å². The van der Waals surface area contributed by atoms with Crippen LogP contribution in [0.25, 0.3) is 0 Å². The molecule has 0 atom stereocenters. The Labute approximate surface area is 99.3 Å². The summed E-state index contributed by atoms with van der Waals surface area (Å²) >= 11 is 0. The van der Waals surface area contributed by atoms with Gasteiger partial charge in [-0.1, -0.05) is 5.22 Å². The molecular weight excluding hydrogens is 222 g/mol.